The number of thioether (sulfide) groups is 1. The highest BCUT2D eigenvalue weighted by atomic mass is 32.2. The minimum absolute atomic E-state index is 0.0179. The number of benzene rings is 1. The number of nitrogens with two attached hydrogens (primary N) is 1. The van der Waals surface area contributed by atoms with Gasteiger partial charge in [-0.3, -0.25) is 4.79 Å². The number of likely N-dealkylation sites (tertiary alicyclic amines) is 1. The summed E-state index contributed by atoms with van der Waals surface area (Å²) in [7, 11) is 0. The van der Waals surface area contributed by atoms with E-state index in [1.54, 1.807) is 12.1 Å². The van der Waals surface area contributed by atoms with Crippen molar-refractivity contribution < 1.29 is 9.21 Å². The molecule has 4 rings (SSSR count). The first-order chi connectivity index (χ1) is 13.1. The van der Waals surface area contributed by atoms with Crippen LogP contribution in [0.4, 0.5) is 0 Å². The fourth-order valence-electron chi connectivity index (χ4n) is 4.01. The Morgan fingerprint density at radius 3 is 2.85 bits per heavy atom. The van der Waals surface area contributed by atoms with Crippen molar-refractivity contribution in [2.75, 3.05) is 31.3 Å². The molecular weight excluding hydrogens is 358 g/mol. The highest BCUT2D eigenvalue weighted by Gasteiger charge is 2.34. The molecule has 0 saturated carbocycles. The van der Waals surface area contributed by atoms with Crippen LogP contribution in [0.1, 0.15) is 47.2 Å². The molecule has 3 atom stereocenters. The van der Waals surface area contributed by atoms with Crippen molar-refractivity contribution in [1.82, 2.24) is 9.80 Å². The first-order valence-electron chi connectivity index (χ1n) is 9.63. The fraction of sp³-hybridized carbons (Fsp3) is 0.476. The van der Waals surface area contributed by atoms with Crippen LogP contribution in [-0.4, -0.2) is 53.0 Å². The summed E-state index contributed by atoms with van der Waals surface area (Å²) in [5.41, 5.74) is 7.27. The standard InChI is InChI=1S/C21H27N3O2S/c1-15(22)19-7-8-20(26-19)21(25)24-14-27-13-18(24)12-23-10-9-17(11-23)16-5-3-2-4-6-16/h2-8,15,17-18H,9-14,22H2,1H3/t15?,17?,18-/m1/s1. The maximum Gasteiger partial charge on any atom is 0.290 e. The second-order valence-corrected chi connectivity index (χ2v) is 8.57. The number of nitrogens with zero attached hydrogens (tertiary/aromatic N) is 2. The van der Waals surface area contributed by atoms with E-state index >= 15 is 0 Å². The molecule has 5 nitrogen and oxygen atoms in total. The maximum atomic E-state index is 12.9. The smallest absolute Gasteiger partial charge is 0.290 e. The van der Waals surface area contributed by atoms with Gasteiger partial charge >= 0.3 is 0 Å². The lowest BCUT2D eigenvalue weighted by Gasteiger charge is -2.27. The Morgan fingerprint density at radius 1 is 1.30 bits per heavy atom. The summed E-state index contributed by atoms with van der Waals surface area (Å²) in [6.07, 6.45) is 1.19. The van der Waals surface area contributed by atoms with Gasteiger partial charge in [-0.15, -0.1) is 11.8 Å². The number of carbonyl (C=O) groups is 1. The van der Waals surface area contributed by atoms with Gasteiger partial charge in [0.25, 0.3) is 5.91 Å². The number of amides is 1. The number of carbonyl (C=O) groups excluding carboxylic acids is 1. The van der Waals surface area contributed by atoms with Gasteiger partial charge < -0.3 is 20.0 Å². The molecule has 2 fully saturated rings. The van der Waals surface area contributed by atoms with Crippen molar-refractivity contribution >= 4 is 17.7 Å². The Bertz CT molecular complexity index is 777. The highest BCUT2D eigenvalue weighted by Crippen LogP contribution is 2.30. The van der Waals surface area contributed by atoms with E-state index in [1.165, 1.54) is 12.0 Å². The van der Waals surface area contributed by atoms with E-state index in [-0.39, 0.29) is 18.0 Å². The Balaban J connectivity index is 1.38. The minimum Gasteiger partial charge on any atom is -0.454 e. The number of rotatable bonds is 5. The molecule has 2 saturated heterocycles. The van der Waals surface area contributed by atoms with E-state index in [9.17, 15) is 4.79 Å². The lowest BCUT2D eigenvalue weighted by Crippen LogP contribution is -2.43. The van der Waals surface area contributed by atoms with Crippen LogP contribution < -0.4 is 5.73 Å². The minimum atomic E-state index is -0.199. The Labute approximate surface area is 164 Å². The van der Waals surface area contributed by atoms with Crippen LogP contribution in [0.2, 0.25) is 0 Å². The van der Waals surface area contributed by atoms with Crippen LogP contribution in [0.25, 0.3) is 0 Å². The third-order valence-electron chi connectivity index (χ3n) is 5.54. The average molecular weight is 386 g/mol. The van der Waals surface area contributed by atoms with Crippen molar-refractivity contribution in [2.24, 2.45) is 5.73 Å². The molecule has 1 amide bonds. The van der Waals surface area contributed by atoms with Gasteiger partial charge in [-0.25, -0.2) is 0 Å². The summed E-state index contributed by atoms with van der Waals surface area (Å²) < 4.78 is 5.67. The second kappa shape index (κ2) is 8.09. The Morgan fingerprint density at radius 2 is 2.11 bits per heavy atom. The normalized spacial score (nSPS) is 24.4. The first kappa shape index (κ1) is 18.6. The van der Waals surface area contributed by atoms with E-state index in [2.05, 4.69) is 35.2 Å². The number of hydrogen-bond acceptors (Lipinski definition) is 5. The number of furan rings is 1. The zero-order valence-corrected chi connectivity index (χ0v) is 16.5. The molecule has 1 aromatic heterocycles. The van der Waals surface area contributed by atoms with Crippen LogP contribution in [0.3, 0.4) is 0 Å². The molecule has 2 aromatic rings. The third kappa shape index (κ3) is 4.08. The van der Waals surface area contributed by atoms with Crippen LogP contribution in [0.5, 0.6) is 0 Å². The molecule has 6 heteroatoms. The van der Waals surface area contributed by atoms with Crippen molar-refractivity contribution in [3.8, 4) is 0 Å². The van der Waals surface area contributed by atoms with Gasteiger partial charge in [-0.2, -0.15) is 0 Å². The summed E-state index contributed by atoms with van der Waals surface area (Å²) in [6, 6.07) is 14.3. The van der Waals surface area contributed by atoms with Crippen LogP contribution in [0, 0.1) is 0 Å². The molecule has 2 aliphatic heterocycles. The SMILES string of the molecule is CC(N)c1ccc(C(=O)N2CSC[C@H]2CN2CCC(c3ccccc3)C2)o1. The van der Waals surface area contributed by atoms with E-state index in [1.807, 2.05) is 23.6 Å². The molecule has 3 heterocycles. The molecule has 0 aliphatic carbocycles. The topological polar surface area (TPSA) is 62.7 Å². The van der Waals surface area contributed by atoms with Gasteiger partial charge in [0.15, 0.2) is 5.76 Å². The van der Waals surface area contributed by atoms with Crippen molar-refractivity contribution in [3.63, 3.8) is 0 Å². The van der Waals surface area contributed by atoms with Gasteiger partial charge in [0.1, 0.15) is 5.76 Å². The molecule has 27 heavy (non-hydrogen) atoms. The molecule has 2 unspecified atom stereocenters. The van der Waals surface area contributed by atoms with Crippen molar-refractivity contribution in [3.05, 3.63) is 59.5 Å². The van der Waals surface area contributed by atoms with E-state index in [0.29, 0.717) is 17.4 Å². The monoisotopic (exact) mass is 385 g/mol. The molecule has 0 spiro atoms. The van der Waals surface area contributed by atoms with Crippen molar-refractivity contribution in [1.29, 1.82) is 0 Å². The molecule has 2 N–H and O–H groups in total. The highest BCUT2D eigenvalue weighted by molar-refractivity contribution is 7.99. The van der Waals surface area contributed by atoms with E-state index < -0.39 is 0 Å². The summed E-state index contributed by atoms with van der Waals surface area (Å²) in [5, 5.41) is 0. The summed E-state index contributed by atoms with van der Waals surface area (Å²) in [5.74, 6) is 3.36. The van der Waals surface area contributed by atoms with Crippen LogP contribution in [0.15, 0.2) is 46.9 Å². The average Bonchev–Trinajstić information content (AvgIpc) is 3.43. The lowest BCUT2D eigenvalue weighted by molar-refractivity contribution is 0.0686. The number of hydrogen-bond donors (Lipinski definition) is 1. The van der Waals surface area contributed by atoms with Crippen molar-refractivity contribution in [2.45, 2.75) is 31.3 Å². The molecule has 0 radical (unpaired) electrons. The predicted octanol–water partition coefficient (Wildman–Crippen LogP) is 3.30. The van der Waals surface area contributed by atoms with E-state index in [4.69, 9.17) is 10.2 Å². The Hall–Kier alpha value is -1.76. The largest absolute Gasteiger partial charge is 0.454 e. The molecule has 1 aromatic carbocycles. The summed E-state index contributed by atoms with van der Waals surface area (Å²) in [4.78, 5) is 17.4. The quantitative estimate of drug-likeness (QED) is 0.856. The zero-order chi connectivity index (χ0) is 18.8. The Kier molecular flexibility index (Phi) is 5.57. The van der Waals surface area contributed by atoms with E-state index in [0.717, 1.165) is 31.3 Å². The zero-order valence-electron chi connectivity index (χ0n) is 15.7. The van der Waals surface area contributed by atoms with Gasteiger partial charge in [0, 0.05) is 18.8 Å². The van der Waals surface area contributed by atoms with Crippen LogP contribution in [-0.2, 0) is 0 Å². The summed E-state index contributed by atoms with van der Waals surface area (Å²) >= 11 is 1.82. The molecule has 2 aliphatic rings. The molecule has 144 valence electrons. The predicted molar refractivity (Wildman–Crippen MR) is 109 cm³/mol. The second-order valence-electron chi connectivity index (χ2n) is 7.58. The maximum absolute atomic E-state index is 12.9. The molecule has 0 bridgehead atoms. The molecular formula is C21H27N3O2S. The van der Waals surface area contributed by atoms with Gasteiger partial charge in [0.2, 0.25) is 0 Å². The first-order valence-corrected chi connectivity index (χ1v) is 10.8. The lowest BCUT2D eigenvalue weighted by atomic mass is 9.99. The van der Waals surface area contributed by atoms with Gasteiger partial charge in [0.05, 0.1) is 18.0 Å². The van der Waals surface area contributed by atoms with Crippen LogP contribution >= 0.6 is 11.8 Å². The third-order valence-corrected chi connectivity index (χ3v) is 6.62. The fourth-order valence-corrected chi connectivity index (χ4v) is 5.19. The summed E-state index contributed by atoms with van der Waals surface area (Å²) in [6.45, 7) is 4.96. The van der Waals surface area contributed by atoms with Gasteiger partial charge in [-0.1, -0.05) is 30.3 Å². The van der Waals surface area contributed by atoms with Gasteiger partial charge in [-0.05, 0) is 43.5 Å².